The maximum Gasteiger partial charge on any atom is 0.338 e. The zero-order chi connectivity index (χ0) is 23.0. The molecule has 0 aliphatic carbocycles. The molecule has 3 aliphatic rings. The number of esters is 1. The van der Waals surface area contributed by atoms with Crippen LogP contribution in [-0.4, -0.2) is 72.1 Å². The molecule has 0 bridgehead atoms. The fourth-order valence-electron chi connectivity index (χ4n) is 4.39. The third-order valence-electron chi connectivity index (χ3n) is 6.15. The summed E-state index contributed by atoms with van der Waals surface area (Å²) >= 11 is 7.75. The number of carbonyl (C=O) groups excluding carboxylic acids is 2. The van der Waals surface area contributed by atoms with Crippen LogP contribution in [0.5, 0.6) is 0 Å². The summed E-state index contributed by atoms with van der Waals surface area (Å²) in [7, 11) is 5.46. The normalized spacial score (nSPS) is 22.8. The van der Waals surface area contributed by atoms with Gasteiger partial charge in [-0.25, -0.2) is 9.79 Å². The predicted molar refractivity (Wildman–Crippen MR) is 127 cm³/mol. The number of carbonyl (C=O) groups is 2. The fourth-order valence-corrected chi connectivity index (χ4v) is 5.55. The smallest absolute Gasteiger partial charge is 0.338 e. The lowest BCUT2D eigenvalue weighted by Crippen LogP contribution is -2.39. The summed E-state index contributed by atoms with van der Waals surface area (Å²) in [5, 5.41) is 3.28. The van der Waals surface area contributed by atoms with Gasteiger partial charge in [0.05, 0.1) is 30.8 Å². The molecule has 0 N–H and O–H groups in total. The number of likely N-dealkylation sites (tertiary alicyclic amines) is 1. The highest BCUT2D eigenvalue weighted by Gasteiger charge is 2.41. The third-order valence-corrected chi connectivity index (χ3v) is 7.27. The molecule has 3 aliphatic heterocycles. The first-order valence-electron chi connectivity index (χ1n) is 10.5. The highest BCUT2D eigenvalue weighted by Crippen LogP contribution is 2.45. The van der Waals surface area contributed by atoms with Crippen LogP contribution in [0.4, 0.5) is 0 Å². The molecule has 4 rings (SSSR count). The number of nitrogens with zero attached hydrogens (tertiary/aromatic N) is 4. The number of ether oxygens (including phenoxy) is 1. The van der Waals surface area contributed by atoms with Gasteiger partial charge in [-0.05, 0) is 50.5 Å². The summed E-state index contributed by atoms with van der Waals surface area (Å²) < 4.78 is 5.09. The van der Waals surface area contributed by atoms with E-state index in [0.29, 0.717) is 22.3 Å². The van der Waals surface area contributed by atoms with Crippen molar-refractivity contribution in [3.63, 3.8) is 0 Å². The molecule has 7 nitrogen and oxygen atoms in total. The Balaban J connectivity index is 1.64. The van der Waals surface area contributed by atoms with Gasteiger partial charge >= 0.3 is 5.97 Å². The number of aliphatic imine (C=N–C) groups is 1. The zero-order valence-electron chi connectivity index (χ0n) is 18.7. The van der Waals surface area contributed by atoms with Crippen molar-refractivity contribution in [1.82, 2.24) is 14.7 Å². The molecular formula is C23H27ClN4O3S. The number of thioether (sulfide) groups is 1. The van der Waals surface area contributed by atoms with E-state index in [2.05, 4.69) is 9.89 Å². The Morgan fingerprint density at radius 3 is 2.78 bits per heavy atom. The maximum atomic E-state index is 13.1. The molecule has 0 spiro atoms. The first kappa shape index (κ1) is 22.9. The van der Waals surface area contributed by atoms with Crippen molar-refractivity contribution in [2.75, 3.05) is 34.3 Å². The summed E-state index contributed by atoms with van der Waals surface area (Å²) in [6, 6.07) is 7.35. The largest absolute Gasteiger partial charge is 0.466 e. The molecule has 9 heteroatoms. The van der Waals surface area contributed by atoms with E-state index in [-0.39, 0.29) is 12.3 Å². The van der Waals surface area contributed by atoms with Gasteiger partial charge in [0, 0.05) is 29.9 Å². The number of allylic oxidation sites excluding steroid dienone is 1. The van der Waals surface area contributed by atoms with Gasteiger partial charge in [0.2, 0.25) is 5.91 Å². The predicted octanol–water partition coefficient (Wildman–Crippen LogP) is 3.64. The third kappa shape index (κ3) is 4.31. The number of amidine groups is 1. The Hall–Kier alpha value is -2.29. The van der Waals surface area contributed by atoms with E-state index in [1.165, 1.54) is 18.9 Å². The average molecular weight is 475 g/mol. The SMILES string of the molecule is COC(=O)C1=C(C)N=C2SC=C(CC(=O)N3CCC(N(C)C)C3)N2C1c1cccc(Cl)c1. The van der Waals surface area contributed by atoms with E-state index in [4.69, 9.17) is 16.3 Å². The molecule has 1 amide bonds. The number of benzene rings is 1. The first-order valence-corrected chi connectivity index (χ1v) is 11.8. The van der Waals surface area contributed by atoms with Gasteiger partial charge in [0.1, 0.15) is 0 Å². The molecule has 3 heterocycles. The monoisotopic (exact) mass is 474 g/mol. The van der Waals surface area contributed by atoms with Gasteiger partial charge < -0.3 is 19.4 Å². The van der Waals surface area contributed by atoms with Crippen LogP contribution in [0, 0.1) is 0 Å². The van der Waals surface area contributed by atoms with Gasteiger partial charge in [-0.3, -0.25) is 4.79 Å². The Bertz CT molecular complexity index is 1040. The summed E-state index contributed by atoms with van der Waals surface area (Å²) in [5.41, 5.74) is 2.73. The summed E-state index contributed by atoms with van der Waals surface area (Å²) in [6.07, 6.45) is 1.22. The van der Waals surface area contributed by atoms with Crippen LogP contribution in [0.15, 0.2) is 51.6 Å². The van der Waals surface area contributed by atoms with E-state index in [0.717, 1.165) is 35.9 Å². The van der Waals surface area contributed by atoms with Gasteiger partial charge in [-0.1, -0.05) is 35.5 Å². The van der Waals surface area contributed by atoms with Crippen molar-refractivity contribution in [2.45, 2.75) is 31.8 Å². The van der Waals surface area contributed by atoms with Crippen molar-refractivity contribution >= 4 is 40.4 Å². The van der Waals surface area contributed by atoms with E-state index >= 15 is 0 Å². The maximum absolute atomic E-state index is 13.1. The number of rotatable bonds is 5. The highest BCUT2D eigenvalue weighted by molar-refractivity contribution is 8.16. The highest BCUT2D eigenvalue weighted by atomic mass is 35.5. The first-order chi connectivity index (χ1) is 15.3. The summed E-state index contributed by atoms with van der Waals surface area (Å²) in [5.74, 6) is -0.357. The molecule has 0 saturated carbocycles. The molecular weight excluding hydrogens is 448 g/mol. The minimum atomic E-state index is -0.462. The topological polar surface area (TPSA) is 65.5 Å². The number of methoxy groups -OCH3 is 1. The van der Waals surface area contributed by atoms with Crippen molar-refractivity contribution in [2.24, 2.45) is 4.99 Å². The number of likely N-dealkylation sites (N-methyl/N-ethyl adjacent to an activating group) is 1. The quantitative estimate of drug-likeness (QED) is 0.607. The lowest BCUT2D eigenvalue weighted by Gasteiger charge is -2.36. The molecule has 170 valence electrons. The van der Waals surface area contributed by atoms with Crippen molar-refractivity contribution in [3.05, 3.63) is 57.2 Å². The van der Waals surface area contributed by atoms with Crippen LogP contribution in [0.1, 0.15) is 31.4 Å². The number of halogens is 1. The van der Waals surface area contributed by atoms with E-state index in [1.807, 2.05) is 54.4 Å². The Labute approximate surface area is 197 Å². The van der Waals surface area contributed by atoms with Crippen LogP contribution in [0.2, 0.25) is 5.02 Å². The average Bonchev–Trinajstić information content (AvgIpc) is 3.40. The lowest BCUT2D eigenvalue weighted by molar-refractivity contribution is -0.136. The number of fused-ring (bicyclic) bond motifs is 1. The molecule has 1 aromatic carbocycles. The number of hydrogen-bond acceptors (Lipinski definition) is 7. The van der Waals surface area contributed by atoms with Crippen LogP contribution < -0.4 is 0 Å². The molecule has 32 heavy (non-hydrogen) atoms. The van der Waals surface area contributed by atoms with Gasteiger partial charge in [0.25, 0.3) is 0 Å². The molecule has 0 radical (unpaired) electrons. The zero-order valence-corrected chi connectivity index (χ0v) is 20.2. The van der Waals surface area contributed by atoms with E-state index in [9.17, 15) is 9.59 Å². The summed E-state index contributed by atoms with van der Waals surface area (Å²) in [4.78, 5) is 36.6. The van der Waals surface area contributed by atoms with Gasteiger partial charge in [-0.2, -0.15) is 0 Å². The molecule has 1 saturated heterocycles. The van der Waals surface area contributed by atoms with E-state index < -0.39 is 12.0 Å². The van der Waals surface area contributed by atoms with Crippen LogP contribution in [0.3, 0.4) is 0 Å². The number of hydrogen-bond donors (Lipinski definition) is 0. The fraction of sp³-hybridized carbons (Fsp3) is 0.435. The lowest BCUT2D eigenvalue weighted by atomic mass is 9.94. The second-order valence-electron chi connectivity index (χ2n) is 8.36. The molecule has 1 aromatic rings. The summed E-state index contributed by atoms with van der Waals surface area (Å²) in [6.45, 7) is 3.30. The van der Waals surface area contributed by atoms with Crippen molar-refractivity contribution < 1.29 is 14.3 Å². The van der Waals surface area contributed by atoms with Crippen molar-refractivity contribution in [1.29, 1.82) is 0 Å². The minimum absolute atomic E-state index is 0.0817. The van der Waals surface area contributed by atoms with Gasteiger partial charge in [0.15, 0.2) is 5.17 Å². The Morgan fingerprint density at radius 2 is 2.12 bits per heavy atom. The standard InChI is InChI=1S/C23H27ClN4O3S/c1-14-20(22(30)31-4)21(15-6-5-7-16(24)10-15)28-18(13-32-23(28)25-14)11-19(29)27-9-8-17(12-27)26(2)3/h5-7,10,13,17,21H,8-9,11-12H2,1-4H3. The number of amides is 1. The molecule has 0 aromatic heterocycles. The second-order valence-corrected chi connectivity index (χ2v) is 9.64. The Morgan fingerprint density at radius 1 is 1.34 bits per heavy atom. The van der Waals surface area contributed by atoms with Crippen LogP contribution in [-0.2, 0) is 14.3 Å². The van der Waals surface area contributed by atoms with Crippen LogP contribution >= 0.6 is 23.4 Å². The Kier molecular flexibility index (Phi) is 6.65. The van der Waals surface area contributed by atoms with Crippen LogP contribution in [0.25, 0.3) is 0 Å². The molecule has 1 fully saturated rings. The van der Waals surface area contributed by atoms with Gasteiger partial charge in [-0.15, -0.1) is 0 Å². The van der Waals surface area contributed by atoms with E-state index in [1.54, 1.807) is 6.07 Å². The molecule has 2 unspecified atom stereocenters. The second kappa shape index (κ2) is 9.29. The minimum Gasteiger partial charge on any atom is -0.466 e. The van der Waals surface area contributed by atoms with Crippen molar-refractivity contribution in [3.8, 4) is 0 Å². The molecule has 2 atom stereocenters.